The number of benzene rings is 3. The number of hydrogen-bond acceptors (Lipinski definition) is 5. The topological polar surface area (TPSA) is 69.2 Å². The number of methoxy groups -OCH3 is 2. The predicted molar refractivity (Wildman–Crippen MR) is 132 cm³/mol. The van der Waals surface area contributed by atoms with Gasteiger partial charge in [-0.15, -0.1) is 0 Å². The molecule has 0 saturated heterocycles. The van der Waals surface area contributed by atoms with Crippen LogP contribution in [0, 0.1) is 6.92 Å². The second kappa shape index (κ2) is 11.2. The van der Waals surface area contributed by atoms with E-state index in [2.05, 4.69) is 42.4 Å². The fraction of sp³-hybridized carbons (Fsp3) is 0.167. The lowest BCUT2D eigenvalue weighted by Crippen LogP contribution is -2.17. The number of carbonyl (C=O) groups is 1. The molecule has 3 aromatic carbocycles. The molecule has 0 spiro atoms. The smallest absolute Gasteiger partial charge is 0.271 e. The first-order chi connectivity index (χ1) is 15.4. The molecule has 0 bridgehead atoms. The van der Waals surface area contributed by atoms with Crippen LogP contribution in [0.3, 0.4) is 0 Å². The van der Waals surface area contributed by atoms with E-state index in [9.17, 15) is 4.79 Å². The van der Waals surface area contributed by atoms with Gasteiger partial charge in [-0.1, -0.05) is 45.8 Å². The van der Waals surface area contributed by atoms with Crippen molar-refractivity contribution in [3.8, 4) is 17.2 Å². The van der Waals surface area contributed by atoms with E-state index < -0.39 is 0 Å². The lowest BCUT2D eigenvalue weighted by Gasteiger charge is -2.12. The number of halogens is 2. The van der Waals surface area contributed by atoms with Crippen molar-refractivity contribution in [1.29, 1.82) is 0 Å². The van der Waals surface area contributed by atoms with Gasteiger partial charge in [0.2, 0.25) is 0 Å². The Labute approximate surface area is 203 Å². The van der Waals surface area contributed by atoms with E-state index in [1.54, 1.807) is 24.4 Å². The van der Waals surface area contributed by atoms with Crippen LogP contribution in [0.4, 0.5) is 0 Å². The summed E-state index contributed by atoms with van der Waals surface area (Å²) in [6, 6.07) is 16.8. The minimum atomic E-state index is -0.376. The number of rotatable bonds is 8. The van der Waals surface area contributed by atoms with Crippen LogP contribution >= 0.6 is 31.9 Å². The van der Waals surface area contributed by atoms with Gasteiger partial charge in [0.1, 0.15) is 12.4 Å². The van der Waals surface area contributed by atoms with Crippen LogP contribution in [-0.2, 0) is 6.61 Å². The van der Waals surface area contributed by atoms with E-state index in [4.69, 9.17) is 14.2 Å². The number of aryl methyl sites for hydroxylation is 1. The summed E-state index contributed by atoms with van der Waals surface area (Å²) in [5.41, 5.74) is 5.87. The van der Waals surface area contributed by atoms with Gasteiger partial charge in [0.15, 0.2) is 11.5 Å². The summed E-state index contributed by atoms with van der Waals surface area (Å²) in [5, 5.41) is 4.11. The summed E-state index contributed by atoms with van der Waals surface area (Å²) in [6.07, 6.45) is 1.54. The maximum absolute atomic E-state index is 12.5. The van der Waals surface area contributed by atoms with Crippen LogP contribution in [0.5, 0.6) is 17.2 Å². The van der Waals surface area contributed by atoms with E-state index in [0.29, 0.717) is 35.0 Å². The lowest BCUT2D eigenvalue weighted by molar-refractivity contribution is 0.0954. The first-order valence-electron chi connectivity index (χ1n) is 9.64. The predicted octanol–water partition coefficient (Wildman–Crippen LogP) is 5.88. The molecule has 0 aliphatic heterocycles. The molecule has 0 radical (unpaired) electrons. The molecule has 166 valence electrons. The number of nitrogens with zero attached hydrogens (tertiary/aromatic N) is 1. The van der Waals surface area contributed by atoms with Crippen LogP contribution < -0.4 is 19.6 Å². The highest BCUT2D eigenvalue weighted by Gasteiger charge is 2.12. The molecule has 1 amide bonds. The van der Waals surface area contributed by atoms with Crippen LogP contribution in [0.15, 0.2) is 68.6 Å². The van der Waals surface area contributed by atoms with Gasteiger partial charge in [-0.25, -0.2) is 5.43 Å². The monoisotopic (exact) mass is 560 g/mol. The van der Waals surface area contributed by atoms with Crippen LogP contribution in [0.1, 0.15) is 27.0 Å². The Balaban J connectivity index is 1.74. The summed E-state index contributed by atoms with van der Waals surface area (Å²) in [6.45, 7) is 2.44. The Morgan fingerprint density at radius 3 is 2.41 bits per heavy atom. The standard InChI is InChI=1S/C24H22Br2N2O4/c1-15-4-6-16(7-5-15)14-32-23-18(10-19(25)12-20(23)26)13-27-28-24(29)17-8-9-21(30-2)22(11-17)31-3/h4-13H,14H2,1-3H3,(H,28,29)/b27-13+. The first kappa shape index (κ1) is 23.8. The zero-order valence-electron chi connectivity index (χ0n) is 17.8. The van der Waals surface area contributed by atoms with Crippen LogP contribution in [-0.4, -0.2) is 26.3 Å². The van der Waals surface area contributed by atoms with Crippen molar-refractivity contribution in [3.05, 3.63) is 85.8 Å². The van der Waals surface area contributed by atoms with Crippen molar-refractivity contribution in [1.82, 2.24) is 5.43 Å². The molecule has 0 heterocycles. The Morgan fingerprint density at radius 1 is 1.00 bits per heavy atom. The molecule has 0 fully saturated rings. The number of nitrogens with one attached hydrogen (secondary N) is 1. The highest BCUT2D eigenvalue weighted by atomic mass is 79.9. The van der Waals surface area contributed by atoms with E-state index in [1.807, 2.05) is 43.3 Å². The molecule has 8 heteroatoms. The van der Waals surface area contributed by atoms with Gasteiger partial charge < -0.3 is 14.2 Å². The number of carbonyl (C=O) groups excluding carboxylic acids is 1. The third-order valence-electron chi connectivity index (χ3n) is 4.56. The highest BCUT2D eigenvalue weighted by molar-refractivity contribution is 9.11. The van der Waals surface area contributed by atoms with Gasteiger partial charge in [-0.3, -0.25) is 4.79 Å². The van der Waals surface area contributed by atoms with Gasteiger partial charge in [0.25, 0.3) is 5.91 Å². The molecule has 0 aliphatic carbocycles. The summed E-state index contributed by atoms with van der Waals surface area (Å²) >= 11 is 7.02. The van der Waals surface area contributed by atoms with Gasteiger partial charge >= 0.3 is 0 Å². The van der Waals surface area contributed by atoms with Gasteiger partial charge in [-0.2, -0.15) is 5.10 Å². The normalized spacial score (nSPS) is 10.8. The van der Waals surface area contributed by atoms with E-state index in [-0.39, 0.29) is 5.91 Å². The van der Waals surface area contributed by atoms with E-state index >= 15 is 0 Å². The highest BCUT2D eigenvalue weighted by Crippen LogP contribution is 2.33. The van der Waals surface area contributed by atoms with Gasteiger partial charge in [0, 0.05) is 15.6 Å². The number of hydrogen-bond donors (Lipinski definition) is 1. The summed E-state index contributed by atoms with van der Waals surface area (Å²) in [4.78, 5) is 12.5. The quantitative estimate of drug-likeness (QED) is 0.275. The third kappa shape index (κ3) is 6.11. The molecule has 0 atom stereocenters. The summed E-state index contributed by atoms with van der Waals surface area (Å²) < 4.78 is 18.1. The largest absolute Gasteiger partial charge is 0.493 e. The average molecular weight is 562 g/mol. The van der Waals surface area contributed by atoms with Crippen LogP contribution in [0.2, 0.25) is 0 Å². The maximum atomic E-state index is 12.5. The average Bonchev–Trinajstić information content (AvgIpc) is 2.79. The van der Waals surface area contributed by atoms with Crippen LogP contribution in [0.25, 0.3) is 0 Å². The fourth-order valence-corrected chi connectivity index (χ4v) is 4.24. The molecule has 0 aliphatic rings. The lowest BCUT2D eigenvalue weighted by atomic mass is 10.1. The van der Waals surface area contributed by atoms with Gasteiger partial charge in [0.05, 0.1) is 24.9 Å². The summed E-state index contributed by atoms with van der Waals surface area (Å²) in [5.74, 6) is 1.25. The molecule has 1 N–H and O–H groups in total. The Hall–Kier alpha value is -2.84. The number of ether oxygens (including phenoxy) is 3. The van der Waals surface area contributed by atoms with Gasteiger partial charge in [-0.05, 0) is 58.7 Å². The molecular formula is C24H22Br2N2O4. The SMILES string of the molecule is COc1ccc(C(=O)N/N=C/c2cc(Br)cc(Br)c2OCc2ccc(C)cc2)cc1OC. The van der Waals surface area contributed by atoms with Crippen molar-refractivity contribution in [2.45, 2.75) is 13.5 Å². The fourth-order valence-electron chi connectivity index (χ4n) is 2.87. The summed E-state index contributed by atoms with van der Waals surface area (Å²) in [7, 11) is 3.05. The second-order valence-corrected chi connectivity index (χ2v) is 8.62. The Kier molecular flexibility index (Phi) is 8.30. The molecule has 6 nitrogen and oxygen atoms in total. The van der Waals surface area contributed by atoms with Crippen molar-refractivity contribution in [2.75, 3.05) is 14.2 Å². The molecule has 0 unspecified atom stereocenters. The van der Waals surface area contributed by atoms with Crippen molar-refractivity contribution in [3.63, 3.8) is 0 Å². The zero-order chi connectivity index (χ0) is 23.1. The number of hydrazone groups is 1. The molecule has 3 rings (SSSR count). The molecule has 0 aromatic heterocycles. The minimum absolute atomic E-state index is 0.376. The third-order valence-corrected chi connectivity index (χ3v) is 5.60. The van der Waals surface area contributed by atoms with Crippen molar-refractivity contribution >= 4 is 44.0 Å². The first-order valence-corrected chi connectivity index (χ1v) is 11.2. The van der Waals surface area contributed by atoms with Crippen molar-refractivity contribution < 1.29 is 19.0 Å². The molecule has 0 saturated carbocycles. The number of amides is 1. The zero-order valence-corrected chi connectivity index (χ0v) is 21.0. The second-order valence-electron chi connectivity index (χ2n) is 6.85. The van der Waals surface area contributed by atoms with Crippen molar-refractivity contribution in [2.24, 2.45) is 5.10 Å². The van der Waals surface area contributed by atoms with E-state index in [0.717, 1.165) is 14.5 Å². The molecule has 3 aromatic rings. The minimum Gasteiger partial charge on any atom is -0.493 e. The van der Waals surface area contributed by atoms with E-state index in [1.165, 1.54) is 19.8 Å². The molecule has 32 heavy (non-hydrogen) atoms. The molecular weight excluding hydrogens is 540 g/mol. The Morgan fingerprint density at radius 2 is 1.72 bits per heavy atom. The Bertz CT molecular complexity index is 1130. The maximum Gasteiger partial charge on any atom is 0.271 e.